The molecule has 0 aliphatic carbocycles. The van der Waals surface area contributed by atoms with Gasteiger partial charge in [-0.25, -0.2) is 13.1 Å². The average molecular weight is 363 g/mol. The lowest BCUT2D eigenvalue weighted by Gasteiger charge is -2.27. The van der Waals surface area contributed by atoms with Gasteiger partial charge in [-0.15, -0.1) is 0 Å². The molecule has 1 unspecified atom stereocenters. The SMILES string of the molecule is CCn1ncc(C(=O)c2ccc3c(c2C)C(NC)CCS3(=O)=O)c1O. The van der Waals surface area contributed by atoms with E-state index in [1.54, 1.807) is 14.0 Å². The lowest BCUT2D eigenvalue weighted by Crippen LogP contribution is -2.29. The maximum absolute atomic E-state index is 12.9. The molecule has 1 aliphatic heterocycles. The van der Waals surface area contributed by atoms with Crippen molar-refractivity contribution >= 4 is 15.6 Å². The number of fused-ring (bicyclic) bond motifs is 1. The third kappa shape index (κ3) is 2.75. The molecule has 2 N–H and O–H groups in total. The van der Waals surface area contributed by atoms with Gasteiger partial charge < -0.3 is 10.4 Å². The van der Waals surface area contributed by atoms with Crippen molar-refractivity contribution in [3.63, 3.8) is 0 Å². The number of nitrogens with zero attached hydrogens (tertiary/aromatic N) is 2. The van der Waals surface area contributed by atoms with E-state index in [0.717, 1.165) is 0 Å². The lowest BCUT2D eigenvalue weighted by atomic mass is 9.91. The van der Waals surface area contributed by atoms with Crippen LogP contribution in [0.5, 0.6) is 5.88 Å². The van der Waals surface area contributed by atoms with Crippen LogP contribution in [0.1, 0.15) is 46.4 Å². The maximum atomic E-state index is 12.9. The first-order valence-electron chi connectivity index (χ1n) is 8.14. The highest BCUT2D eigenvalue weighted by Gasteiger charge is 2.33. The highest BCUT2D eigenvalue weighted by molar-refractivity contribution is 7.91. The highest BCUT2D eigenvalue weighted by Crippen LogP contribution is 2.36. The Kier molecular flexibility index (Phi) is 4.42. The molecule has 0 fully saturated rings. The van der Waals surface area contributed by atoms with E-state index >= 15 is 0 Å². The van der Waals surface area contributed by atoms with Crippen molar-refractivity contribution in [1.82, 2.24) is 15.1 Å². The second-order valence-corrected chi connectivity index (χ2v) is 8.20. The van der Waals surface area contributed by atoms with E-state index in [1.807, 2.05) is 6.92 Å². The molecular formula is C17H21N3O4S. The molecule has 7 nitrogen and oxygen atoms in total. The largest absolute Gasteiger partial charge is 0.493 e. The van der Waals surface area contributed by atoms with Gasteiger partial charge in [-0.3, -0.25) is 4.79 Å². The number of ketones is 1. The van der Waals surface area contributed by atoms with Crippen LogP contribution < -0.4 is 5.32 Å². The van der Waals surface area contributed by atoms with Gasteiger partial charge in [0.15, 0.2) is 15.6 Å². The molecule has 0 saturated heterocycles. The quantitative estimate of drug-likeness (QED) is 0.800. The first kappa shape index (κ1) is 17.6. The Balaban J connectivity index is 2.16. The summed E-state index contributed by atoms with van der Waals surface area (Å²) in [6.07, 6.45) is 1.80. The summed E-state index contributed by atoms with van der Waals surface area (Å²) in [5, 5.41) is 17.3. The first-order valence-corrected chi connectivity index (χ1v) is 9.80. The zero-order valence-electron chi connectivity index (χ0n) is 14.4. The third-order valence-electron chi connectivity index (χ3n) is 4.78. The smallest absolute Gasteiger partial charge is 0.220 e. The molecule has 1 atom stereocenters. The molecule has 0 amide bonds. The Morgan fingerprint density at radius 3 is 2.72 bits per heavy atom. The highest BCUT2D eigenvalue weighted by atomic mass is 32.2. The minimum absolute atomic E-state index is 0.0856. The molecule has 0 radical (unpaired) electrons. The van der Waals surface area contributed by atoms with E-state index in [-0.39, 0.29) is 33.9 Å². The second-order valence-electron chi connectivity index (χ2n) is 6.13. The Bertz CT molecular complexity index is 947. The predicted octanol–water partition coefficient (Wildman–Crippen LogP) is 1.59. The number of nitrogens with one attached hydrogen (secondary N) is 1. The molecule has 25 heavy (non-hydrogen) atoms. The first-order chi connectivity index (χ1) is 11.8. The van der Waals surface area contributed by atoms with E-state index in [4.69, 9.17) is 0 Å². The van der Waals surface area contributed by atoms with Crippen molar-refractivity contribution in [2.24, 2.45) is 0 Å². The molecule has 2 heterocycles. The van der Waals surface area contributed by atoms with Crippen molar-refractivity contribution < 1.29 is 18.3 Å². The predicted molar refractivity (Wildman–Crippen MR) is 92.6 cm³/mol. The topological polar surface area (TPSA) is 101 Å². The number of aryl methyl sites for hydroxylation is 1. The fourth-order valence-corrected chi connectivity index (χ4v) is 5.06. The monoisotopic (exact) mass is 363 g/mol. The van der Waals surface area contributed by atoms with Gasteiger partial charge in [-0.2, -0.15) is 5.10 Å². The summed E-state index contributed by atoms with van der Waals surface area (Å²) in [6, 6.07) is 2.89. The van der Waals surface area contributed by atoms with Crippen LogP contribution in [0.3, 0.4) is 0 Å². The number of carbonyl (C=O) groups excluding carboxylic acids is 1. The van der Waals surface area contributed by atoms with Gasteiger partial charge in [0.05, 0.1) is 16.8 Å². The van der Waals surface area contributed by atoms with Crippen molar-refractivity contribution in [2.45, 2.75) is 37.8 Å². The van der Waals surface area contributed by atoms with Crippen LogP contribution in [0.4, 0.5) is 0 Å². The van der Waals surface area contributed by atoms with Gasteiger partial charge in [0.1, 0.15) is 5.56 Å². The summed E-state index contributed by atoms with van der Waals surface area (Å²) in [4.78, 5) is 13.2. The molecule has 1 aliphatic rings. The summed E-state index contributed by atoms with van der Waals surface area (Å²) in [7, 11) is -1.56. The van der Waals surface area contributed by atoms with Crippen LogP contribution in [-0.4, -0.2) is 41.9 Å². The minimum Gasteiger partial charge on any atom is -0.493 e. The molecule has 8 heteroatoms. The summed E-state index contributed by atoms with van der Waals surface area (Å²) < 4.78 is 26.1. The van der Waals surface area contributed by atoms with E-state index < -0.39 is 9.84 Å². The lowest BCUT2D eigenvalue weighted by molar-refractivity contribution is 0.103. The number of sulfone groups is 1. The van der Waals surface area contributed by atoms with Gasteiger partial charge in [0, 0.05) is 18.2 Å². The normalized spacial score (nSPS) is 18.8. The molecule has 2 aromatic rings. The van der Waals surface area contributed by atoms with Crippen LogP contribution in [0.2, 0.25) is 0 Å². The van der Waals surface area contributed by atoms with Crippen molar-refractivity contribution in [2.75, 3.05) is 12.8 Å². The number of aromatic nitrogens is 2. The van der Waals surface area contributed by atoms with Gasteiger partial charge in [-0.1, -0.05) is 0 Å². The Morgan fingerprint density at radius 2 is 2.12 bits per heavy atom. The van der Waals surface area contributed by atoms with Gasteiger partial charge >= 0.3 is 0 Å². The Labute approximate surface area is 146 Å². The Morgan fingerprint density at radius 1 is 1.40 bits per heavy atom. The molecule has 0 spiro atoms. The zero-order chi connectivity index (χ0) is 18.4. The van der Waals surface area contributed by atoms with E-state index in [1.165, 1.54) is 23.0 Å². The second kappa shape index (κ2) is 6.27. The Hall–Kier alpha value is -2.19. The third-order valence-corrected chi connectivity index (χ3v) is 6.58. The molecular weight excluding hydrogens is 342 g/mol. The molecule has 0 bridgehead atoms. The molecule has 134 valence electrons. The average Bonchev–Trinajstić information content (AvgIpc) is 2.95. The summed E-state index contributed by atoms with van der Waals surface area (Å²) >= 11 is 0. The van der Waals surface area contributed by atoms with Crippen molar-refractivity contribution in [1.29, 1.82) is 0 Å². The van der Waals surface area contributed by atoms with Gasteiger partial charge in [0.25, 0.3) is 0 Å². The fourth-order valence-electron chi connectivity index (χ4n) is 3.39. The van der Waals surface area contributed by atoms with Crippen LogP contribution in [0.25, 0.3) is 0 Å². The van der Waals surface area contributed by atoms with Gasteiger partial charge in [-0.05, 0) is 50.6 Å². The number of hydrogen-bond donors (Lipinski definition) is 2. The summed E-state index contributed by atoms with van der Waals surface area (Å²) in [5.74, 6) is -0.458. The number of carbonyl (C=O) groups is 1. The molecule has 0 saturated carbocycles. The standard InChI is InChI=1S/C17H21N3O4S/c1-4-20-17(22)12(9-19-20)16(21)11-5-6-14-15(10(11)2)13(18-3)7-8-25(14,23)24/h5-6,9,13,18,22H,4,7-8H2,1-3H3. The van der Waals surface area contributed by atoms with Crippen molar-refractivity contribution in [3.05, 3.63) is 40.6 Å². The summed E-state index contributed by atoms with van der Waals surface area (Å²) in [5.41, 5.74) is 1.75. The van der Waals surface area contributed by atoms with E-state index in [0.29, 0.717) is 29.7 Å². The minimum atomic E-state index is -3.34. The maximum Gasteiger partial charge on any atom is 0.220 e. The number of rotatable bonds is 4. The molecule has 1 aromatic heterocycles. The van der Waals surface area contributed by atoms with Crippen LogP contribution in [0, 0.1) is 6.92 Å². The molecule has 1 aromatic carbocycles. The zero-order valence-corrected chi connectivity index (χ0v) is 15.2. The van der Waals surface area contributed by atoms with Crippen LogP contribution in [0.15, 0.2) is 23.2 Å². The van der Waals surface area contributed by atoms with E-state index in [2.05, 4.69) is 10.4 Å². The van der Waals surface area contributed by atoms with Crippen molar-refractivity contribution in [3.8, 4) is 5.88 Å². The summed E-state index contributed by atoms with van der Waals surface area (Å²) in [6.45, 7) is 4.01. The number of hydrogen-bond acceptors (Lipinski definition) is 6. The fraction of sp³-hybridized carbons (Fsp3) is 0.412. The number of aromatic hydroxyl groups is 1. The number of benzene rings is 1. The van der Waals surface area contributed by atoms with Gasteiger partial charge in [0.2, 0.25) is 5.88 Å². The van der Waals surface area contributed by atoms with E-state index in [9.17, 15) is 18.3 Å². The molecule has 3 rings (SSSR count). The van der Waals surface area contributed by atoms with Crippen LogP contribution >= 0.6 is 0 Å². The van der Waals surface area contributed by atoms with Crippen LogP contribution in [-0.2, 0) is 16.4 Å².